The van der Waals surface area contributed by atoms with E-state index in [0.717, 1.165) is 0 Å². The smallest absolute Gasteiger partial charge is 0.323 e. The van der Waals surface area contributed by atoms with Crippen LogP contribution in [0.25, 0.3) is 0 Å². The number of carbonyl (C=O) groups is 4. The number of aliphatic carboxylic acids is 1. The zero-order chi connectivity index (χ0) is 18.7. The van der Waals surface area contributed by atoms with Crippen LogP contribution in [0.3, 0.4) is 0 Å². The third-order valence-electron chi connectivity index (χ3n) is 2.82. The lowest BCUT2D eigenvalue weighted by Gasteiger charge is -2.12. The summed E-state index contributed by atoms with van der Waals surface area (Å²) in [5.74, 6) is -3.60. The van der Waals surface area contributed by atoms with E-state index in [9.17, 15) is 19.2 Å². The molecule has 0 aromatic heterocycles. The number of hydrogen-bond acceptors (Lipinski definition) is 10. The van der Waals surface area contributed by atoms with Crippen molar-refractivity contribution in [3.63, 3.8) is 0 Å². The molecular formula is C13H24N4O7. The van der Waals surface area contributed by atoms with Gasteiger partial charge in [0.2, 0.25) is 0 Å². The van der Waals surface area contributed by atoms with Crippen LogP contribution < -0.4 is 22.9 Å². The highest BCUT2D eigenvalue weighted by Gasteiger charge is 2.18. The second kappa shape index (κ2) is 11.5. The van der Waals surface area contributed by atoms with Crippen LogP contribution in [-0.4, -0.2) is 53.8 Å². The Bertz CT molecular complexity index is 456. The van der Waals surface area contributed by atoms with Crippen molar-refractivity contribution in [1.82, 2.24) is 0 Å². The molecule has 11 heteroatoms. The molecule has 0 saturated carbocycles. The normalized spacial score (nSPS) is 13.2. The van der Waals surface area contributed by atoms with E-state index in [-0.39, 0.29) is 38.7 Å². The fraction of sp³-hybridized carbons (Fsp3) is 0.692. The van der Waals surface area contributed by atoms with Crippen molar-refractivity contribution in [3.8, 4) is 0 Å². The molecular weight excluding hydrogens is 324 g/mol. The molecule has 0 saturated heterocycles. The SMILES string of the molecule is NC(N)COC(=O)C(N)CCCC(=O)OC(=O)CC[C@H](N)C(=O)O. The highest BCUT2D eigenvalue weighted by Crippen LogP contribution is 2.04. The van der Waals surface area contributed by atoms with Gasteiger partial charge in [0.1, 0.15) is 18.7 Å². The lowest BCUT2D eigenvalue weighted by atomic mass is 10.1. The summed E-state index contributed by atoms with van der Waals surface area (Å²) in [6.45, 7) is -0.165. The van der Waals surface area contributed by atoms with Crippen LogP contribution >= 0.6 is 0 Å². The predicted octanol–water partition coefficient (Wildman–Crippen LogP) is -2.47. The summed E-state index contributed by atoms with van der Waals surface area (Å²) < 4.78 is 9.20. The summed E-state index contributed by atoms with van der Waals surface area (Å²) in [5.41, 5.74) is 21.2. The van der Waals surface area contributed by atoms with Crippen LogP contribution in [0.4, 0.5) is 0 Å². The van der Waals surface area contributed by atoms with E-state index in [1.807, 2.05) is 0 Å². The van der Waals surface area contributed by atoms with Gasteiger partial charge in [0.05, 0.1) is 6.17 Å². The van der Waals surface area contributed by atoms with E-state index in [2.05, 4.69) is 4.74 Å². The van der Waals surface area contributed by atoms with Gasteiger partial charge in [-0.1, -0.05) is 0 Å². The lowest BCUT2D eigenvalue weighted by Crippen LogP contribution is -2.40. The van der Waals surface area contributed by atoms with Crippen molar-refractivity contribution in [3.05, 3.63) is 0 Å². The molecule has 0 aromatic rings. The van der Waals surface area contributed by atoms with Gasteiger partial charge in [0.15, 0.2) is 0 Å². The number of hydrogen-bond donors (Lipinski definition) is 5. The summed E-state index contributed by atoms with van der Waals surface area (Å²) in [7, 11) is 0. The van der Waals surface area contributed by atoms with Gasteiger partial charge in [0, 0.05) is 12.8 Å². The summed E-state index contributed by atoms with van der Waals surface area (Å²) >= 11 is 0. The first kappa shape index (κ1) is 21.9. The number of ether oxygens (including phenoxy) is 2. The quantitative estimate of drug-likeness (QED) is 0.150. The Labute approximate surface area is 138 Å². The summed E-state index contributed by atoms with van der Waals surface area (Å²) in [5, 5.41) is 8.55. The van der Waals surface area contributed by atoms with Crippen molar-refractivity contribution < 1.29 is 33.8 Å². The molecule has 0 fully saturated rings. The van der Waals surface area contributed by atoms with Crippen molar-refractivity contribution in [1.29, 1.82) is 0 Å². The Morgan fingerprint density at radius 2 is 1.46 bits per heavy atom. The molecule has 138 valence electrons. The third kappa shape index (κ3) is 10.6. The van der Waals surface area contributed by atoms with E-state index in [1.165, 1.54) is 0 Å². The molecule has 11 nitrogen and oxygen atoms in total. The molecule has 0 rings (SSSR count). The molecule has 1 unspecified atom stereocenters. The average Bonchev–Trinajstić information content (AvgIpc) is 2.49. The molecule has 0 aromatic carbocycles. The second-order valence-electron chi connectivity index (χ2n) is 5.12. The molecule has 0 aliphatic rings. The second-order valence-corrected chi connectivity index (χ2v) is 5.12. The van der Waals surface area contributed by atoms with Gasteiger partial charge in [-0.05, 0) is 19.3 Å². The molecule has 0 bridgehead atoms. The molecule has 0 aliphatic carbocycles. The van der Waals surface area contributed by atoms with Crippen molar-refractivity contribution in [2.75, 3.05) is 6.61 Å². The predicted molar refractivity (Wildman–Crippen MR) is 80.9 cm³/mol. The highest BCUT2D eigenvalue weighted by atomic mass is 16.6. The van der Waals surface area contributed by atoms with E-state index in [1.54, 1.807) is 0 Å². The van der Waals surface area contributed by atoms with Crippen LogP contribution in [0.1, 0.15) is 32.1 Å². The fourth-order valence-electron chi connectivity index (χ4n) is 1.50. The van der Waals surface area contributed by atoms with E-state index >= 15 is 0 Å². The van der Waals surface area contributed by atoms with Crippen molar-refractivity contribution >= 4 is 23.9 Å². The highest BCUT2D eigenvalue weighted by molar-refractivity contribution is 5.85. The maximum atomic E-state index is 11.4. The lowest BCUT2D eigenvalue weighted by molar-refractivity contribution is -0.160. The minimum Gasteiger partial charge on any atom is -0.480 e. The van der Waals surface area contributed by atoms with Crippen molar-refractivity contribution in [2.45, 2.75) is 50.4 Å². The van der Waals surface area contributed by atoms with Crippen LogP contribution in [0.5, 0.6) is 0 Å². The number of carboxylic acids is 1. The van der Waals surface area contributed by atoms with Crippen molar-refractivity contribution in [2.24, 2.45) is 22.9 Å². The Kier molecular flexibility index (Phi) is 10.5. The molecule has 0 amide bonds. The topological polar surface area (TPSA) is 211 Å². The van der Waals surface area contributed by atoms with Gasteiger partial charge >= 0.3 is 23.9 Å². The Balaban J connectivity index is 3.91. The molecule has 0 radical (unpaired) electrons. The summed E-state index contributed by atoms with van der Waals surface area (Å²) in [4.78, 5) is 44.6. The monoisotopic (exact) mass is 348 g/mol. The minimum atomic E-state index is -1.24. The number of esters is 3. The first-order valence-corrected chi connectivity index (χ1v) is 7.28. The van der Waals surface area contributed by atoms with Gasteiger partial charge in [-0.15, -0.1) is 0 Å². The maximum Gasteiger partial charge on any atom is 0.323 e. The fourth-order valence-corrected chi connectivity index (χ4v) is 1.50. The van der Waals surface area contributed by atoms with Gasteiger partial charge < -0.3 is 37.5 Å². The first-order valence-electron chi connectivity index (χ1n) is 7.28. The van der Waals surface area contributed by atoms with Gasteiger partial charge in [0.25, 0.3) is 0 Å². The standard InChI is InChI=1S/C13H24N4O7/c14-7(12(20)21)4-5-11(19)24-10(18)3-1-2-8(15)13(22)23-6-9(16)17/h7-9H,1-6,14-17H2,(H,20,21)/t7-,8?/m0/s1. The zero-order valence-corrected chi connectivity index (χ0v) is 13.2. The number of carboxylic acid groups (broad SMARTS) is 1. The van der Waals surface area contributed by atoms with E-state index in [0.29, 0.717) is 0 Å². The number of rotatable bonds is 11. The van der Waals surface area contributed by atoms with Crippen LogP contribution in [0.15, 0.2) is 0 Å². The van der Waals surface area contributed by atoms with Crippen LogP contribution in [0, 0.1) is 0 Å². The summed E-state index contributed by atoms with van der Waals surface area (Å²) in [6.07, 6.45) is -1.01. The largest absolute Gasteiger partial charge is 0.480 e. The molecule has 2 atom stereocenters. The minimum absolute atomic E-state index is 0.131. The first-order chi connectivity index (χ1) is 11.1. The molecule has 0 heterocycles. The van der Waals surface area contributed by atoms with Crippen LogP contribution in [0.2, 0.25) is 0 Å². The number of carbonyl (C=O) groups excluding carboxylic acids is 3. The van der Waals surface area contributed by atoms with Gasteiger partial charge in [-0.25, -0.2) is 0 Å². The summed E-state index contributed by atoms with van der Waals surface area (Å²) in [6, 6.07) is -2.14. The van der Waals surface area contributed by atoms with E-state index in [4.69, 9.17) is 32.8 Å². The molecule has 24 heavy (non-hydrogen) atoms. The average molecular weight is 348 g/mol. The Morgan fingerprint density at radius 1 is 0.875 bits per heavy atom. The molecule has 0 spiro atoms. The maximum absolute atomic E-state index is 11.4. The third-order valence-corrected chi connectivity index (χ3v) is 2.82. The zero-order valence-electron chi connectivity index (χ0n) is 13.2. The van der Waals surface area contributed by atoms with Crippen LogP contribution in [-0.2, 0) is 28.7 Å². The Hall–Kier alpha value is -2.08. The van der Waals surface area contributed by atoms with Gasteiger partial charge in [-0.3, -0.25) is 19.2 Å². The number of nitrogens with two attached hydrogens (primary N) is 4. The van der Waals surface area contributed by atoms with E-state index < -0.39 is 42.1 Å². The Morgan fingerprint density at radius 3 is 2.00 bits per heavy atom. The molecule has 9 N–H and O–H groups in total. The van der Waals surface area contributed by atoms with Gasteiger partial charge in [-0.2, -0.15) is 0 Å². The molecule has 0 aliphatic heterocycles.